The zero-order valence-electron chi connectivity index (χ0n) is 18.7. The molecule has 0 unspecified atom stereocenters. The smallest absolute Gasteiger partial charge is 0.210 e. The van der Waals surface area contributed by atoms with E-state index in [9.17, 15) is 9.59 Å². The van der Waals surface area contributed by atoms with Crippen LogP contribution in [0, 0.1) is 0 Å². The number of benzene rings is 2. The highest BCUT2D eigenvalue weighted by Crippen LogP contribution is 2.30. The van der Waals surface area contributed by atoms with Crippen molar-refractivity contribution in [1.82, 2.24) is 9.55 Å². The van der Waals surface area contributed by atoms with Crippen molar-refractivity contribution in [2.24, 2.45) is 7.05 Å². The fraction of sp³-hybridized carbons (Fsp3) is 0.269. The molecule has 0 aliphatic carbocycles. The summed E-state index contributed by atoms with van der Waals surface area (Å²) in [6.07, 6.45) is 7.38. The number of unbranched alkanes of at least 4 members (excludes halogenated alkanes) is 2. The van der Waals surface area contributed by atoms with Crippen LogP contribution in [0.15, 0.2) is 60.8 Å². The number of aldehydes is 1. The Kier molecular flexibility index (Phi) is 8.01. The van der Waals surface area contributed by atoms with Gasteiger partial charge in [0.2, 0.25) is 5.95 Å². The molecule has 166 valence electrons. The fourth-order valence-corrected chi connectivity index (χ4v) is 3.75. The number of halogens is 1. The van der Waals surface area contributed by atoms with E-state index < -0.39 is 0 Å². The van der Waals surface area contributed by atoms with Crippen LogP contribution in [-0.2, 0) is 11.8 Å². The summed E-state index contributed by atoms with van der Waals surface area (Å²) in [5.74, 6) is 0.712. The van der Waals surface area contributed by atoms with Gasteiger partial charge in [0, 0.05) is 42.0 Å². The van der Waals surface area contributed by atoms with E-state index in [-0.39, 0.29) is 5.78 Å². The molecular formula is C26H28ClN3O2. The molecule has 3 rings (SSSR count). The third-order valence-corrected chi connectivity index (χ3v) is 5.55. The number of carbonyl (C=O) groups is 2. The van der Waals surface area contributed by atoms with Crippen molar-refractivity contribution in [3.8, 4) is 11.3 Å². The van der Waals surface area contributed by atoms with Crippen molar-refractivity contribution < 1.29 is 9.59 Å². The molecular weight excluding hydrogens is 422 g/mol. The Morgan fingerprint density at radius 1 is 1.12 bits per heavy atom. The maximum atomic E-state index is 11.9. The summed E-state index contributed by atoms with van der Waals surface area (Å²) < 4.78 is 1.96. The topological polar surface area (TPSA) is 55.2 Å². The standard InChI is InChI=1S/C26H28ClN3O2/c1-4-5-6-15-30(25(14-16-31)22-9-7-8-21(17-22)19(2)32)26-28-24(18-29(26)3)20-10-12-23(27)13-11-20/h7-14,16-18H,4-6,15H2,1-3H3/b25-14-. The molecule has 0 radical (unpaired) electrons. The first-order valence-electron chi connectivity index (χ1n) is 10.8. The third kappa shape index (κ3) is 5.54. The van der Waals surface area contributed by atoms with E-state index in [1.807, 2.05) is 60.3 Å². The number of carbonyl (C=O) groups excluding carboxylic acids is 2. The summed E-state index contributed by atoms with van der Waals surface area (Å²) in [5, 5.41) is 0.674. The molecule has 0 saturated heterocycles. The monoisotopic (exact) mass is 449 g/mol. The van der Waals surface area contributed by atoms with E-state index in [0.717, 1.165) is 54.0 Å². The van der Waals surface area contributed by atoms with Crippen molar-refractivity contribution in [1.29, 1.82) is 0 Å². The van der Waals surface area contributed by atoms with Gasteiger partial charge < -0.3 is 9.47 Å². The summed E-state index contributed by atoms with van der Waals surface area (Å²) in [4.78, 5) is 30.5. The first-order valence-corrected chi connectivity index (χ1v) is 11.2. The zero-order valence-corrected chi connectivity index (χ0v) is 19.5. The molecule has 0 bridgehead atoms. The highest BCUT2D eigenvalue weighted by atomic mass is 35.5. The highest BCUT2D eigenvalue weighted by molar-refractivity contribution is 6.30. The zero-order chi connectivity index (χ0) is 23.1. The molecule has 0 fully saturated rings. The van der Waals surface area contributed by atoms with Gasteiger partial charge in [0.25, 0.3) is 0 Å². The molecule has 0 N–H and O–H groups in total. The van der Waals surface area contributed by atoms with Gasteiger partial charge in [-0.2, -0.15) is 0 Å². The number of hydrogen-bond donors (Lipinski definition) is 0. The van der Waals surface area contributed by atoms with Gasteiger partial charge in [-0.05, 0) is 37.1 Å². The predicted molar refractivity (Wildman–Crippen MR) is 131 cm³/mol. The average Bonchev–Trinajstić information content (AvgIpc) is 3.17. The molecule has 1 aromatic heterocycles. The van der Waals surface area contributed by atoms with Gasteiger partial charge in [0.15, 0.2) is 5.78 Å². The second kappa shape index (κ2) is 10.9. The van der Waals surface area contributed by atoms with E-state index in [4.69, 9.17) is 16.6 Å². The van der Waals surface area contributed by atoms with Gasteiger partial charge in [0.1, 0.15) is 6.29 Å². The van der Waals surface area contributed by atoms with E-state index >= 15 is 0 Å². The lowest BCUT2D eigenvalue weighted by Crippen LogP contribution is -2.26. The number of aromatic nitrogens is 2. The molecule has 0 amide bonds. The summed E-state index contributed by atoms with van der Waals surface area (Å²) in [6, 6.07) is 14.9. The van der Waals surface area contributed by atoms with Crippen molar-refractivity contribution in [2.75, 3.05) is 11.4 Å². The minimum Gasteiger partial charge on any atom is -0.319 e. The molecule has 2 aromatic carbocycles. The molecule has 0 aliphatic rings. The number of aryl methyl sites for hydroxylation is 1. The molecule has 5 nitrogen and oxygen atoms in total. The van der Waals surface area contributed by atoms with E-state index in [1.165, 1.54) is 0 Å². The van der Waals surface area contributed by atoms with E-state index in [1.54, 1.807) is 19.1 Å². The Bertz CT molecular complexity index is 1120. The predicted octanol–water partition coefficient (Wildman–Crippen LogP) is 6.18. The number of ketones is 1. The number of Topliss-reactive ketones (excluding diaryl/α,β-unsaturated/α-hetero) is 1. The number of rotatable bonds is 10. The molecule has 3 aromatic rings. The van der Waals surface area contributed by atoms with Crippen LogP contribution in [0.2, 0.25) is 5.02 Å². The van der Waals surface area contributed by atoms with Crippen LogP contribution < -0.4 is 4.90 Å². The first-order chi connectivity index (χ1) is 15.4. The first kappa shape index (κ1) is 23.5. The largest absolute Gasteiger partial charge is 0.319 e. The molecule has 0 saturated carbocycles. The lowest BCUT2D eigenvalue weighted by molar-refractivity contribution is -0.104. The highest BCUT2D eigenvalue weighted by Gasteiger charge is 2.20. The van der Waals surface area contributed by atoms with Crippen LogP contribution in [-0.4, -0.2) is 28.2 Å². The molecule has 32 heavy (non-hydrogen) atoms. The maximum absolute atomic E-state index is 11.9. The van der Waals surface area contributed by atoms with Crippen LogP contribution in [0.3, 0.4) is 0 Å². The lowest BCUT2D eigenvalue weighted by Gasteiger charge is -2.27. The number of anilines is 1. The number of nitrogens with zero attached hydrogens (tertiary/aromatic N) is 3. The molecule has 1 heterocycles. The molecule has 0 spiro atoms. The number of allylic oxidation sites excluding steroid dienone is 1. The Hall–Kier alpha value is -3.18. The average molecular weight is 450 g/mol. The Morgan fingerprint density at radius 2 is 1.84 bits per heavy atom. The van der Waals surface area contributed by atoms with E-state index in [0.29, 0.717) is 17.1 Å². The second-order valence-electron chi connectivity index (χ2n) is 7.73. The molecule has 0 atom stereocenters. The van der Waals surface area contributed by atoms with E-state index in [2.05, 4.69) is 11.8 Å². The summed E-state index contributed by atoms with van der Waals surface area (Å²) in [5.41, 5.74) is 3.91. The summed E-state index contributed by atoms with van der Waals surface area (Å²) in [7, 11) is 1.94. The van der Waals surface area contributed by atoms with Crippen molar-refractivity contribution >= 4 is 35.3 Å². The molecule has 6 heteroatoms. The van der Waals surface area contributed by atoms with Gasteiger partial charge in [-0.25, -0.2) is 4.98 Å². The number of imidazole rings is 1. The van der Waals surface area contributed by atoms with Gasteiger partial charge in [-0.3, -0.25) is 9.59 Å². The van der Waals surface area contributed by atoms with Crippen LogP contribution in [0.1, 0.15) is 49.0 Å². The quantitative estimate of drug-likeness (QED) is 0.160. The number of hydrogen-bond acceptors (Lipinski definition) is 4. The van der Waals surface area contributed by atoms with Crippen LogP contribution in [0.25, 0.3) is 17.0 Å². The van der Waals surface area contributed by atoms with Gasteiger partial charge in [0.05, 0.1) is 11.4 Å². The van der Waals surface area contributed by atoms with Crippen molar-refractivity contribution in [3.05, 3.63) is 77.0 Å². The van der Waals surface area contributed by atoms with Crippen LogP contribution in [0.4, 0.5) is 5.95 Å². The lowest BCUT2D eigenvalue weighted by atomic mass is 10.0. The van der Waals surface area contributed by atoms with Crippen molar-refractivity contribution in [3.63, 3.8) is 0 Å². The fourth-order valence-electron chi connectivity index (χ4n) is 3.62. The van der Waals surface area contributed by atoms with Gasteiger partial charge in [-0.1, -0.05) is 61.7 Å². The van der Waals surface area contributed by atoms with Crippen molar-refractivity contribution in [2.45, 2.75) is 33.1 Å². The minimum absolute atomic E-state index is 0.0168. The van der Waals surface area contributed by atoms with Gasteiger partial charge in [-0.15, -0.1) is 0 Å². The summed E-state index contributed by atoms with van der Waals surface area (Å²) >= 11 is 6.04. The summed E-state index contributed by atoms with van der Waals surface area (Å²) in [6.45, 7) is 4.39. The van der Waals surface area contributed by atoms with Gasteiger partial charge >= 0.3 is 0 Å². The molecule has 0 aliphatic heterocycles. The Morgan fingerprint density at radius 3 is 2.50 bits per heavy atom. The minimum atomic E-state index is -0.0168. The van der Waals surface area contributed by atoms with Crippen LogP contribution >= 0.6 is 11.6 Å². The maximum Gasteiger partial charge on any atom is 0.210 e. The SMILES string of the molecule is CCCCCN(/C(=C\C=O)c1cccc(C(C)=O)c1)c1nc(-c2ccc(Cl)cc2)cn1C. The third-order valence-electron chi connectivity index (χ3n) is 5.30. The Balaban J connectivity index is 2.08. The Labute approximate surface area is 194 Å². The normalized spacial score (nSPS) is 11.4. The van der Waals surface area contributed by atoms with Crippen LogP contribution in [0.5, 0.6) is 0 Å². The second-order valence-corrected chi connectivity index (χ2v) is 8.16.